The highest BCUT2D eigenvalue weighted by Crippen LogP contribution is 2.27. The van der Waals surface area contributed by atoms with Crippen LogP contribution in [0.1, 0.15) is 39.5 Å². The largest absolute Gasteiger partial charge is 0.383 e. The third kappa shape index (κ3) is 6.36. The molecular formula is C14H28N2O3. The lowest BCUT2D eigenvalue weighted by Crippen LogP contribution is -2.45. The van der Waals surface area contributed by atoms with Gasteiger partial charge in [-0.2, -0.15) is 0 Å². The quantitative estimate of drug-likeness (QED) is 0.649. The molecule has 5 heteroatoms. The molecule has 1 rings (SSSR count). The summed E-state index contributed by atoms with van der Waals surface area (Å²) in [7, 11) is 1.63. The number of rotatable bonds is 8. The summed E-state index contributed by atoms with van der Waals surface area (Å²) in [6, 6.07) is 0.463. The minimum atomic E-state index is -0.00333. The van der Waals surface area contributed by atoms with E-state index in [1.807, 2.05) is 0 Å². The lowest BCUT2D eigenvalue weighted by molar-refractivity contribution is -0.121. The Kier molecular flexibility index (Phi) is 7.34. The Morgan fingerprint density at radius 2 is 2.26 bits per heavy atom. The van der Waals surface area contributed by atoms with Crippen LogP contribution in [-0.2, 0) is 14.3 Å². The van der Waals surface area contributed by atoms with Crippen LogP contribution in [0.5, 0.6) is 0 Å². The van der Waals surface area contributed by atoms with Crippen LogP contribution in [0.4, 0.5) is 0 Å². The molecule has 19 heavy (non-hydrogen) atoms. The highest BCUT2D eigenvalue weighted by molar-refractivity contribution is 5.76. The fourth-order valence-electron chi connectivity index (χ4n) is 2.32. The van der Waals surface area contributed by atoms with Gasteiger partial charge in [-0.25, -0.2) is 0 Å². The minimum Gasteiger partial charge on any atom is -0.383 e. The minimum absolute atomic E-state index is 0.00333. The van der Waals surface area contributed by atoms with Crippen LogP contribution in [0, 0.1) is 0 Å². The molecule has 1 heterocycles. The molecule has 2 atom stereocenters. The van der Waals surface area contributed by atoms with Gasteiger partial charge in [-0.1, -0.05) is 6.92 Å². The van der Waals surface area contributed by atoms with E-state index in [-0.39, 0.29) is 11.5 Å². The Morgan fingerprint density at radius 1 is 1.47 bits per heavy atom. The van der Waals surface area contributed by atoms with Crippen molar-refractivity contribution in [1.29, 1.82) is 0 Å². The summed E-state index contributed by atoms with van der Waals surface area (Å²) in [5.74, 6) is 0.0786. The van der Waals surface area contributed by atoms with Crippen molar-refractivity contribution in [3.63, 3.8) is 0 Å². The molecule has 0 bridgehead atoms. The monoisotopic (exact) mass is 272 g/mol. The average molecular weight is 272 g/mol. The molecular weight excluding hydrogens is 244 g/mol. The smallest absolute Gasteiger partial charge is 0.221 e. The number of nitrogens with one attached hydrogen (secondary N) is 2. The van der Waals surface area contributed by atoms with E-state index in [1.54, 1.807) is 7.11 Å². The molecule has 2 unspecified atom stereocenters. The zero-order valence-electron chi connectivity index (χ0n) is 12.5. The summed E-state index contributed by atoms with van der Waals surface area (Å²) in [4.78, 5) is 11.5. The number of methoxy groups -OCH3 is 1. The van der Waals surface area contributed by atoms with E-state index in [2.05, 4.69) is 24.5 Å². The van der Waals surface area contributed by atoms with Crippen LogP contribution in [0.3, 0.4) is 0 Å². The van der Waals surface area contributed by atoms with Crippen molar-refractivity contribution >= 4 is 5.91 Å². The molecule has 0 saturated carbocycles. The fourth-order valence-corrected chi connectivity index (χ4v) is 2.32. The van der Waals surface area contributed by atoms with Crippen LogP contribution in [0.25, 0.3) is 0 Å². The summed E-state index contributed by atoms with van der Waals surface area (Å²) >= 11 is 0. The van der Waals surface area contributed by atoms with Gasteiger partial charge in [-0.3, -0.25) is 4.79 Å². The molecule has 0 spiro atoms. The van der Waals surface area contributed by atoms with E-state index >= 15 is 0 Å². The normalized spacial score (nSPS) is 27.2. The van der Waals surface area contributed by atoms with Gasteiger partial charge in [0.05, 0.1) is 12.2 Å². The third-order valence-corrected chi connectivity index (χ3v) is 3.76. The standard InChI is InChI=1S/C14H28N2O3/c1-4-14(2)11-12(6-9-19-14)15-7-5-13(17)16-8-10-18-3/h12,15H,4-11H2,1-3H3,(H,16,17). The van der Waals surface area contributed by atoms with Gasteiger partial charge >= 0.3 is 0 Å². The van der Waals surface area contributed by atoms with Gasteiger partial charge < -0.3 is 20.1 Å². The highest BCUT2D eigenvalue weighted by Gasteiger charge is 2.31. The molecule has 1 aliphatic heterocycles. The zero-order chi connectivity index (χ0) is 14.1. The average Bonchev–Trinajstić information content (AvgIpc) is 2.39. The lowest BCUT2D eigenvalue weighted by atomic mass is 9.90. The summed E-state index contributed by atoms with van der Waals surface area (Å²) in [6.45, 7) is 7.00. The van der Waals surface area contributed by atoms with Crippen LogP contribution in [0.15, 0.2) is 0 Å². The number of carbonyl (C=O) groups is 1. The van der Waals surface area contributed by atoms with E-state index in [1.165, 1.54) is 0 Å². The highest BCUT2D eigenvalue weighted by atomic mass is 16.5. The third-order valence-electron chi connectivity index (χ3n) is 3.76. The van der Waals surface area contributed by atoms with Crippen molar-refractivity contribution in [2.75, 3.05) is 33.4 Å². The SMILES string of the molecule is CCC1(C)CC(NCCC(=O)NCCOC)CCO1. The van der Waals surface area contributed by atoms with Crippen molar-refractivity contribution in [1.82, 2.24) is 10.6 Å². The van der Waals surface area contributed by atoms with Crippen molar-refractivity contribution in [2.24, 2.45) is 0 Å². The maximum Gasteiger partial charge on any atom is 0.221 e. The molecule has 5 nitrogen and oxygen atoms in total. The molecule has 2 N–H and O–H groups in total. The van der Waals surface area contributed by atoms with Gasteiger partial charge in [0.2, 0.25) is 5.91 Å². The van der Waals surface area contributed by atoms with Crippen LogP contribution < -0.4 is 10.6 Å². The van der Waals surface area contributed by atoms with E-state index in [0.29, 0.717) is 25.6 Å². The summed E-state index contributed by atoms with van der Waals surface area (Å²) in [6.07, 6.45) is 3.60. The first-order valence-electron chi connectivity index (χ1n) is 7.22. The van der Waals surface area contributed by atoms with Gasteiger partial charge in [0.1, 0.15) is 0 Å². The van der Waals surface area contributed by atoms with E-state index in [4.69, 9.17) is 9.47 Å². The van der Waals surface area contributed by atoms with E-state index in [0.717, 1.165) is 32.4 Å². The van der Waals surface area contributed by atoms with E-state index in [9.17, 15) is 4.79 Å². The summed E-state index contributed by atoms with van der Waals surface area (Å²) in [5, 5.41) is 6.28. The molecule has 0 aromatic rings. The van der Waals surface area contributed by atoms with Gasteiger partial charge in [-0.15, -0.1) is 0 Å². The van der Waals surface area contributed by atoms with Crippen molar-refractivity contribution in [3.05, 3.63) is 0 Å². The maximum atomic E-state index is 11.5. The molecule has 0 aromatic carbocycles. The van der Waals surface area contributed by atoms with Gasteiger partial charge in [0.25, 0.3) is 0 Å². The summed E-state index contributed by atoms with van der Waals surface area (Å²) < 4.78 is 10.7. The lowest BCUT2D eigenvalue weighted by Gasteiger charge is -2.38. The summed E-state index contributed by atoms with van der Waals surface area (Å²) in [5.41, 5.74) is -0.00333. The van der Waals surface area contributed by atoms with E-state index < -0.39 is 0 Å². The molecule has 1 amide bonds. The first-order chi connectivity index (χ1) is 9.09. The molecule has 0 radical (unpaired) electrons. The molecule has 1 saturated heterocycles. The molecule has 112 valence electrons. The zero-order valence-corrected chi connectivity index (χ0v) is 12.5. The first-order valence-corrected chi connectivity index (χ1v) is 7.22. The van der Waals surface area contributed by atoms with Crippen molar-refractivity contribution in [3.8, 4) is 0 Å². The number of carbonyl (C=O) groups excluding carboxylic acids is 1. The van der Waals surface area contributed by atoms with Gasteiger partial charge in [0, 0.05) is 39.3 Å². The maximum absolute atomic E-state index is 11.5. The number of amides is 1. The van der Waals surface area contributed by atoms with Crippen molar-refractivity contribution < 1.29 is 14.3 Å². The number of hydrogen-bond donors (Lipinski definition) is 2. The Hall–Kier alpha value is -0.650. The van der Waals surface area contributed by atoms with Crippen LogP contribution in [-0.4, -0.2) is 51.0 Å². The molecule has 1 fully saturated rings. The van der Waals surface area contributed by atoms with Crippen LogP contribution in [0.2, 0.25) is 0 Å². The molecule has 1 aliphatic rings. The topological polar surface area (TPSA) is 59.6 Å². The second kappa shape index (κ2) is 8.51. The Labute approximate surface area is 116 Å². The van der Waals surface area contributed by atoms with Crippen LogP contribution >= 0.6 is 0 Å². The van der Waals surface area contributed by atoms with Gasteiger partial charge in [0.15, 0.2) is 0 Å². The second-order valence-electron chi connectivity index (χ2n) is 5.39. The second-order valence-corrected chi connectivity index (χ2v) is 5.39. The number of ether oxygens (including phenoxy) is 2. The van der Waals surface area contributed by atoms with Gasteiger partial charge in [-0.05, 0) is 26.2 Å². The Morgan fingerprint density at radius 3 is 2.95 bits per heavy atom. The Balaban J connectivity index is 2.13. The molecule has 0 aliphatic carbocycles. The fraction of sp³-hybridized carbons (Fsp3) is 0.929. The first kappa shape index (κ1) is 16.4. The van der Waals surface area contributed by atoms with Crippen molar-refractivity contribution in [2.45, 2.75) is 51.2 Å². The number of hydrogen-bond acceptors (Lipinski definition) is 4. The predicted molar refractivity (Wildman–Crippen MR) is 75.2 cm³/mol. The molecule has 0 aromatic heterocycles. The Bertz CT molecular complexity index is 273. The predicted octanol–water partition coefficient (Wildman–Crippen LogP) is 1.08.